The van der Waals surface area contributed by atoms with E-state index in [9.17, 15) is 9.59 Å². The van der Waals surface area contributed by atoms with Gasteiger partial charge in [0.1, 0.15) is 11.4 Å². The van der Waals surface area contributed by atoms with Crippen LogP contribution in [0.25, 0.3) is 44.9 Å². The lowest BCUT2D eigenvalue weighted by Gasteiger charge is -2.18. The second-order valence-electron chi connectivity index (χ2n) is 10.3. The minimum atomic E-state index is -0.440. The molecule has 0 saturated carbocycles. The van der Waals surface area contributed by atoms with Crippen molar-refractivity contribution < 1.29 is 14.3 Å². The molecule has 0 spiro atoms. The van der Waals surface area contributed by atoms with E-state index in [4.69, 9.17) is 14.8 Å². The Morgan fingerprint density at radius 3 is 2.21 bits per heavy atom. The molecule has 0 unspecified atom stereocenters. The van der Waals surface area contributed by atoms with Crippen LogP contribution in [-0.4, -0.2) is 56.8 Å². The third-order valence-electron chi connectivity index (χ3n) is 7.74. The molecule has 42 heavy (non-hydrogen) atoms. The van der Waals surface area contributed by atoms with Crippen LogP contribution in [0.3, 0.4) is 0 Å². The molecule has 214 valence electrons. The number of benzene rings is 3. The maximum Gasteiger partial charge on any atom is 0.415 e. The molecule has 0 bridgehead atoms. The van der Waals surface area contributed by atoms with Gasteiger partial charge >= 0.3 is 6.09 Å². The number of H-pyrrole nitrogens is 1. The van der Waals surface area contributed by atoms with Gasteiger partial charge in [-0.1, -0.05) is 36.4 Å². The van der Waals surface area contributed by atoms with E-state index in [0.29, 0.717) is 41.6 Å². The Balaban J connectivity index is 1.40. The molecule has 0 fully saturated rings. The first kappa shape index (κ1) is 27.2. The fourth-order valence-electron chi connectivity index (χ4n) is 5.38. The molecule has 0 atom stereocenters. The number of nitrogens with zero attached hydrogens (tertiary/aromatic N) is 4. The Hall–Kier alpha value is -4.96. The zero-order chi connectivity index (χ0) is 29.4. The maximum atomic E-state index is 13.2. The van der Waals surface area contributed by atoms with Crippen LogP contribution in [-0.2, 0) is 20.1 Å². The van der Waals surface area contributed by atoms with Crippen LogP contribution in [0.15, 0.2) is 60.7 Å². The topological polar surface area (TPSA) is 117 Å². The van der Waals surface area contributed by atoms with Gasteiger partial charge in [-0.15, -0.1) is 0 Å². The number of nitrogens with one attached hydrogen (secondary N) is 3. The van der Waals surface area contributed by atoms with Gasteiger partial charge in [-0.2, -0.15) is 5.10 Å². The molecular weight excluding hydrogens is 530 g/mol. The minimum absolute atomic E-state index is 0.125. The van der Waals surface area contributed by atoms with E-state index < -0.39 is 6.09 Å². The fraction of sp³-hybridized carbons (Fsp3) is 0.250. The minimum Gasteiger partial charge on any atom is -0.405 e. The van der Waals surface area contributed by atoms with Gasteiger partial charge in [0, 0.05) is 51.4 Å². The van der Waals surface area contributed by atoms with Crippen LogP contribution in [0.5, 0.6) is 5.75 Å². The van der Waals surface area contributed by atoms with Crippen LogP contribution in [0.1, 0.15) is 35.3 Å². The van der Waals surface area contributed by atoms with E-state index in [2.05, 4.69) is 27.8 Å². The Morgan fingerprint density at radius 2 is 1.57 bits per heavy atom. The highest BCUT2D eigenvalue weighted by molar-refractivity contribution is 5.94. The number of imidazole rings is 1. The molecule has 0 aliphatic carbocycles. The SMILES string of the molecule is CCN(CC)C(=O)Oc1c(-c2ccc(-c3ccc(C(=O)NC)cc3)cc2)nn(C)c1-c1nc2cc3c(cc2[nH]1)CNC3. The second-order valence-corrected chi connectivity index (χ2v) is 10.3. The first-order chi connectivity index (χ1) is 20.4. The summed E-state index contributed by atoms with van der Waals surface area (Å²) in [6, 6.07) is 19.6. The molecule has 1 aliphatic rings. The summed E-state index contributed by atoms with van der Waals surface area (Å²) in [5.74, 6) is 0.809. The van der Waals surface area contributed by atoms with Gasteiger partial charge in [-0.25, -0.2) is 9.78 Å². The number of fused-ring (bicyclic) bond motifs is 2. The number of hydrogen-bond donors (Lipinski definition) is 3. The average molecular weight is 564 g/mol. The van der Waals surface area contributed by atoms with Crippen molar-refractivity contribution in [3.8, 4) is 39.7 Å². The molecule has 0 radical (unpaired) electrons. The van der Waals surface area contributed by atoms with Crippen molar-refractivity contribution in [3.05, 3.63) is 77.4 Å². The van der Waals surface area contributed by atoms with Crippen molar-refractivity contribution in [2.45, 2.75) is 26.9 Å². The molecule has 3 N–H and O–H groups in total. The molecule has 6 rings (SSSR count). The standard InChI is InChI=1S/C32H33N7O3/c1-5-39(6-2)32(41)42-29-27(21-11-7-19(8-12-21)20-9-13-22(14-10-20)31(40)33-3)37-38(4)28(29)30-35-25-15-23-17-34-18-24(23)16-26(25)36-30/h7-16,34H,5-6,17-18H2,1-4H3,(H,33,40)(H,35,36). The van der Waals surface area contributed by atoms with E-state index in [-0.39, 0.29) is 5.91 Å². The van der Waals surface area contributed by atoms with Crippen molar-refractivity contribution in [3.63, 3.8) is 0 Å². The number of ether oxygens (including phenoxy) is 1. The van der Waals surface area contributed by atoms with E-state index in [0.717, 1.165) is 40.8 Å². The summed E-state index contributed by atoms with van der Waals surface area (Å²) < 4.78 is 7.79. The Kier molecular flexibility index (Phi) is 7.22. The molecule has 3 heterocycles. The van der Waals surface area contributed by atoms with Crippen LogP contribution in [0, 0.1) is 0 Å². The molecule has 1 aliphatic heterocycles. The Bertz CT molecular complexity index is 1740. The lowest BCUT2D eigenvalue weighted by Crippen LogP contribution is -2.33. The quantitative estimate of drug-likeness (QED) is 0.254. The van der Waals surface area contributed by atoms with Crippen molar-refractivity contribution in [2.75, 3.05) is 20.1 Å². The second kappa shape index (κ2) is 11.1. The monoisotopic (exact) mass is 563 g/mol. The molecule has 0 saturated heterocycles. The van der Waals surface area contributed by atoms with Gasteiger partial charge in [-0.05, 0) is 60.4 Å². The van der Waals surface area contributed by atoms with Gasteiger partial charge in [0.25, 0.3) is 5.91 Å². The highest BCUT2D eigenvalue weighted by Gasteiger charge is 2.27. The summed E-state index contributed by atoms with van der Waals surface area (Å²) in [4.78, 5) is 35.1. The van der Waals surface area contributed by atoms with Gasteiger partial charge in [0.05, 0.1) is 11.0 Å². The average Bonchev–Trinajstić information content (AvgIpc) is 3.72. The van der Waals surface area contributed by atoms with Crippen LogP contribution in [0.4, 0.5) is 4.79 Å². The predicted octanol–water partition coefficient (Wildman–Crippen LogP) is 5.10. The predicted molar refractivity (Wildman–Crippen MR) is 162 cm³/mol. The normalized spacial score (nSPS) is 12.4. The van der Waals surface area contributed by atoms with Crippen LogP contribution >= 0.6 is 0 Å². The van der Waals surface area contributed by atoms with E-state index in [1.807, 2.05) is 57.3 Å². The third kappa shape index (κ3) is 4.90. The van der Waals surface area contributed by atoms with E-state index >= 15 is 0 Å². The summed E-state index contributed by atoms with van der Waals surface area (Å²) in [5, 5.41) is 10.8. The van der Waals surface area contributed by atoms with Crippen molar-refractivity contribution >= 4 is 23.0 Å². The molecular formula is C32H33N7O3. The Labute approximate surface area is 243 Å². The lowest BCUT2D eigenvalue weighted by atomic mass is 10.0. The highest BCUT2D eigenvalue weighted by Crippen LogP contribution is 2.39. The number of aryl methyl sites for hydroxylation is 1. The number of carbonyl (C=O) groups is 2. The summed E-state index contributed by atoms with van der Waals surface area (Å²) in [7, 11) is 3.44. The summed E-state index contributed by atoms with van der Waals surface area (Å²) in [6.45, 7) is 6.54. The molecule has 2 aromatic heterocycles. The molecule has 10 heteroatoms. The van der Waals surface area contributed by atoms with E-state index in [1.54, 1.807) is 28.8 Å². The number of rotatable bonds is 7. The van der Waals surface area contributed by atoms with Crippen LogP contribution < -0.4 is 15.4 Å². The van der Waals surface area contributed by atoms with Crippen LogP contribution in [0.2, 0.25) is 0 Å². The van der Waals surface area contributed by atoms with Gasteiger partial charge in [0.15, 0.2) is 11.6 Å². The van der Waals surface area contributed by atoms with Crippen molar-refractivity contribution in [1.82, 2.24) is 35.3 Å². The molecule has 2 amide bonds. The first-order valence-corrected chi connectivity index (χ1v) is 14.1. The van der Waals surface area contributed by atoms with Crippen molar-refractivity contribution in [1.29, 1.82) is 0 Å². The zero-order valence-electron chi connectivity index (χ0n) is 24.1. The first-order valence-electron chi connectivity index (χ1n) is 14.1. The molecule has 3 aromatic carbocycles. The largest absolute Gasteiger partial charge is 0.415 e. The van der Waals surface area contributed by atoms with Crippen molar-refractivity contribution in [2.24, 2.45) is 7.05 Å². The third-order valence-corrected chi connectivity index (χ3v) is 7.74. The highest BCUT2D eigenvalue weighted by atomic mass is 16.6. The zero-order valence-corrected chi connectivity index (χ0v) is 24.1. The molecule has 5 aromatic rings. The van der Waals surface area contributed by atoms with E-state index in [1.165, 1.54) is 11.1 Å². The summed E-state index contributed by atoms with van der Waals surface area (Å²) >= 11 is 0. The Morgan fingerprint density at radius 1 is 0.952 bits per heavy atom. The van der Waals surface area contributed by atoms with Gasteiger partial charge in [-0.3, -0.25) is 9.48 Å². The molecule has 10 nitrogen and oxygen atoms in total. The summed E-state index contributed by atoms with van der Waals surface area (Å²) in [5.41, 5.74) is 8.76. The smallest absolute Gasteiger partial charge is 0.405 e. The number of amides is 2. The number of aromatic amines is 1. The number of carbonyl (C=O) groups excluding carboxylic acids is 2. The maximum absolute atomic E-state index is 13.2. The lowest BCUT2D eigenvalue weighted by molar-refractivity contribution is 0.0963. The van der Waals surface area contributed by atoms with Gasteiger partial charge in [0.2, 0.25) is 0 Å². The fourth-order valence-corrected chi connectivity index (χ4v) is 5.38. The number of aromatic nitrogens is 4. The van der Waals surface area contributed by atoms with Gasteiger partial charge < -0.3 is 25.3 Å². The number of hydrogen-bond acceptors (Lipinski definition) is 6. The summed E-state index contributed by atoms with van der Waals surface area (Å²) in [6.07, 6.45) is -0.440.